The summed E-state index contributed by atoms with van der Waals surface area (Å²) in [5.41, 5.74) is -0.697. The van der Waals surface area contributed by atoms with Crippen molar-refractivity contribution < 1.29 is 69.7 Å². The number of rotatable bonds is 4. The van der Waals surface area contributed by atoms with Gasteiger partial charge in [-0.2, -0.15) is 0 Å². The molecule has 5 aliphatic rings. The molecule has 0 amide bonds. The number of esters is 1. The van der Waals surface area contributed by atoms with Crippen LogP contribution in [0.2, 0.25) is 0 Å². The van der Waals surface area contributed by atoms with E-state index in [0.717, 1.165) is 19.3 Å². The van der Waals surface area contributed by atoms with Gasteiger partial charge in [-0.05, 0) is 38.0 Å². The average Bonchev–Trinajstić information content (AvgIpc) is 2.84. The molecule has 4 heterocycles. The SMILES string of the molecule is C[C@H]1[C@@H](OC(=O)CCC(=O)O)O[C@@H]2O[C@@]3(C)CC[C@H]4[C@H](C)CC[C@@H]1[C@@]24OO3.[H-].[Na+]. The van der Waals surface area contributed by atoms with Crippen molar-refractivity contribution in [2.24, 2.45) is 23.7 Å². The Labute approximate surface area is 188 Å². The Morgan fingerprint density at radius 2 is 1.89 bits per heavy atom. The van der Waals surface area contributed by atoms with Crippen LogP contribution >= 0.6 is 0 Å². The molecule has 1 spiro atoms. The fraction of sp³-hybridized carbons (Fsp3) is 0.895. The van der Waals surface area contributed by atoms with Gasteiger partial charge < -0.3 is 20.7 Å². The van der Waals surface area contributed by atoms with Crippen LogP contribution in [0.5, 0.6) is 0 Å². The molecule has 8 nitrogen and oxygen atoms in total. The Morgan fingerprint density at radius 1 is 1.14 bits per heavy atom. The summed E-state index contributed by atoms with van der Waals surface area (Å²) in [5, 5.41) is 8.76. The van der Waals surface area contributed by atoms with Gasteiger partial charge in [0, 0.05) is 18.3 Å². The Morgan fingerprint density at radius 3 is 2.61 bits per heavy atom. The number of hydrogen-bond donors (Lipinski definition) is 1. The Kier molecular flexibility index (Phi) is 6.53. The molecule has 4 aliphatic heterocycles. The first-order valence-corrected chi connectivity index (χ1v) is 9.86. The van der Waals surface area contributed by atoms with E-state index in [1.807, 2.05) is 13.8 Å². The van der Waals surface area contributed by atoms with Crippen molar-refractivity contribution >= 4 is 11.9 Å². The van der Waals surface area contributed by atoms with E-state index >= 15 is 0 Å². The summed E-state index contributed by atoms with van der Waals surface area (Å²) in [7, 11) is 0. The summed E-state index contributed by atoms with van der Waals surface area (Å²) in [4.78, 5) is 34.5. The molecule has 1 aliphatic carbocycles. The fourth-order valence-electron chi connectivity index (χ4n) is 5.40. The quantitative estimate of drug-likeness (QED) is 0.385. The molecule has 2 bridgehead atoms. The van der Waals surface area contributed by atoms with Crippen molar-refractivity contribution in [1.82, 2.24) is 0 Å². The van der Waals surface area contributed by atoms with Gasteiger partial charge in [0.2, 0.25) is 12.1 Å². The number of carbonyl (C=O) groups excluding carboxylic acids is 1. The van der Waals surface area contributed by atoms with Crippen molar-refractivity contribution in [2.75, 3.05) is 0 Å². The summed E-state index contributed by atoms with van der Waals surface area (Å²) in [5.74, 6) is -1.82. The molecule has 28 heavy (non-hydrogen) atoms. The predicted molar refractivity (Wildman–Crippen MR) is 90.9 cm³/mol. The minimum absolute atomic E-state index is 0. The van der Waals surface area contributed by atoms with Gasteiger partial charge in [-0.25, -0.2) is 9.78 Å². The summed E-state index contributed by atoms with van der Waals surface area (Å²) in [6.07, 6.45) is 1.72. The third-order valence-electron chi connectivity index (χ3n) is 6.89. The van der Waals surface area contributed by atoms with Crippen molar-refractivity contribution in [2.45, 2.75) is 83.3 Å². The van der Waals surface area contributed by atoms with Gasteiger partial charge in [0.25, 0.3) is 0 Å². The molecular formula is C19H29NaO8. The maximum Gasteiger partial charge on any atom is 1.00 e. The largest absolute Gasteiger partial charge is 1.00 e. The van der Waals surface area contributed by atoms with E-state index in [2.05, 4.69) is 6.92 Å². The average molecular weight is 408 g/mol. The number of ether oxygens (including phenoxy) is 3. The normalized spacial score (nSPS) is 46.7. The van der Waals surface area contributed by atoms with Crippen LogP contribution in [-0.2, 0) is 33.6 Å². The van der Waals surface area contributed by atoms with E-state index in [1.54, 1.807) is 0 Å². The number of carboxylic acid groups (broad SMARTS) is 1. The van der Waals surface area contributed by atoms with E-state index in [0.29, 0.717) is 12.3 Å². The second-order valence-electron chi connectivity index (χ2n) is 8.66. The third-order valence-corrected chi connectivity index (χ3v) is 6.89. The van der Waals surface area contributed by atoms with Crippen LogP contribution in [0.1, 0.15) is 60.7 Å². The first-order valence-electron chi connectivity index (χ1n) is 9.86. The molecule has 4 saturated heterocycles. The Bertz CT molecular complexity index is 635. The standard InChI is InChI=1S/C19H28O8.Na.H/c1-10-4-5-13-11(2)16(23-15(22)7-6-14(20)21)24-17-19(13)12(10)8-9-18(3,25-17)26-27-19;;/h10-13,16-17H,4-9H2,1-3H3,(H,20,21);;/q;+1;-1/t10-,11-,12+,13+,16+,17-,18-,19-;;/m1../s1. The monoisotopic (exact) mass is 408 g/mol. The van der Waals surface area contributed by atoms with Crippen LogP contribution in [0.25, 0.3) is 0 Å². The van der Waals surface area contributed by atoms with Crippen molar-refractivity contribution in [3.05, 3.63) is 0 Å². The third kappa shape index (κ3) is 3.66. The van der Waals surface area contributed by atoms with Crippen molar-refractivity contribution in [1.29, 1.82) is 0 Å². The molecule has 9 heteroatoms. The Balaban J connectivity index is 0.00000150. The molecule has 1 N–H and O–H groups in total. The zero-order chi connectivity index (χ0) is 19.4. The van der Waals surface area contributed by atoms with E-state index < -0.39 is 35.9 Å². The molecule has 8 atom stereocenters. The van der Waals surface area contributed by atoms with Gasteiger partial charge in [0.1, 0.15) is 0 Å². The first kappa shape index (κ1) is 22.5. The Hall–Kier alpha value is -0.220. The smallest absolute Gasteiger partial charge is 1.00 e. The summed E-state index contributed by atoms with van der Waals surface area (Å²) in [6.45, 7) is 6.06. The molecule has 0 aromatic heterocycles. The number of carbonyl (C=O) groups is 2. The van der Waals surface area contributed by atoms with Crippen LogP contribution in [-0.4, -0.2) is 41.0 Å². The number of fused-ring (bicyclic) bond motifs is 2. The van der Waals surface area contributed by atoms with Gasteiger partial charge in [-0.3, -0.25) is 9.59 Å². The van der Waals surface area contributed by atoms with Crippen LogP contribution in [0.15, 0.2) is 0 Å². The van der Waals surface area contributed by atoms with Gasteiger partial charge in [0.15, 0.2) is 11.9 Å². The second-order valence-corrected chi connectivity index (χ2v) is 8.66. The molecule has 0 aromatic rings. The van der Waals surface area contributed by atoms with E-state index in [-0.39, 0.29) is 61.6 Å². The molecular weight excluding hydrogens is 379 g/mol. The summed E-state index contributed by atoms with van der Waals surface area (Å²) >= 11 is 0. The molecule has 1 saturated carbocycles. The molecule has 0 radical (unpaired) electrons. The number of carboxylic acids is 1. The first-order chi connectivity index (χ1) is 12.7. The number of aliphatic carboxylic acids is 1. The predicted octanol–water partition coefficient (Wildman–Crippen LogP) is -0.281. The summed E-state index contributed by atoms with van der Waals surface area (Å²) < 4.78 is 17.8. The summed E-state index contributed by atoms with van der Waals surface area (Å²) in [6, 6.07) is 0. The van der Waals surface area contributed by atoms with Crippen molar-refractivity contribution in [3.8, 4) is 0 Å². The van der Waals surface area contributed by atoms with Gasteiger partial charge >= 0.3 is 41.5 Å². The van der Waals surface area contributed by atoms with E-state index in [9.17, 15) is 9.59 Å². The van der Waals surface area contributed by atoms with Gasteiger partial charge in [-0.15, -0.1) is 0 Å². The molecule has 154 valence electrons. The second kappa shape index (κ2) is 8.13. The topological polar surface area (TPSA) is 101 Å². The zero-order valence-corrected chi connectivity index (χ0v) is 19.0. The van der Waals surface area contributed by atoms with Crippen LogP contribution < -0.4 is 29.6 Å². The van der Waals surface area contributed by atoms with Gasteiger partial charge in [0.05, 0.1) is 12.8 Å². The van der Waals surface area contributed by atoms with Crippen LogP contribution in [0, 0.1) is 23.7 Å². The molecule has 5 fully saturated rings. The van der Waals surface area contributed by atoms with Crippen LogP contribution in [0.4, 0.5) is 0 Å². The maximum absolute atomic E-state index is 12.1. The maximum atomic E-state index is 12.1. The molecule has 0 unspecified atom stereocenters. The van der Waals surface area contributed by atoms with Gasteiger partial charge in [-0.1, -0.05) is 13.8 Å². The molecule has 5 rings (SSSR count). The van der Waals surface area contributed by atoms with E-state index in [1.165, 1.54) is 0 Å². The minimum Gasteiger partial charge on any atom is -1.00 e. The molecule has 0 aromatic carbocycles. The zero-order valence-electron chi connectivity index (χ0n) is 18.0. The number of hydrogen-bond acceptors (Lipinski definition) is 7. The van der Waals surface area contributed by atoms with E-state index in [4.69, 9.17) is 29.1 Å². The van der Waals surface area contributed by atoms with Crippen molar-refractivity contribution in [3.63, 3.8) is 0 Å². The minimum atomic E-state index is -1.03. The fourth-order valence-corrected chi connectivity index (χ4v) is 5.40. The van der Waals surface area contributed by atoms with Crippen LogP contribution in [0.3, 0.4) is 0 Å².